The zero-order valence-corrected chi connectivity index (χ0v) is 13.6. The maximum Gasteiger partial charge on any atom is 0.254 e. The van der Waals surface area contributed by atoms with Gasteiger partial charge in [-0.2, -0.15) is 0 Å². The first-order valence-corrected chi connectivity index (χ1v) is 7.95. The van der Waals surface area contributed by atoms with Crippen LogP contribution in [0.25, 0.3) is 0 Å². The fourth-order valence-electron chi connectivity index (χ4n) is 2.86. The zero-order valence-electron chi connectivity index (χ0n) is 13.6. The van der Waals surface area contributed by atoms with Gasteiger partial charge in [0.1, 0.15) is 11.6 Å². The molecule has 3 rings (SSSR count). The summed E-state index contributed by atoms with van der Waals surface area (Å²) in [6.45, 7) is 1.57. The van der Waals surface area contributed by atoms with E-state index in [-0.39, 0.29) is 17.8 Å². The van der Waals surface area contributed by atoms with Gasteiger partial charge in [0.25, 0.3) is 5.91 Å². The third kappa shape index (κ3) is 3.92. The van der Waals surface area contributed by atoms with Gasteiger partial charge >= 0.3 is 0 Å². The van der Waals surface area contributed by atoms with Crippen molar-refractivity contribution >= 4 is 5.91 Å². The molecule has 2 aromatic carbocycles. The molecule has 1 amide bonds. The molecule has 0 saturated carbocycles. The van der Waals surface area contributed by atoms with Gasteiger partial charge in [0, 0.05) is 25.1 Å². The SMILES string of the molecule is COc1cccc(C[C@@H]2CN(C(=O)c3ccc(F)cc3)CCO2)c1. The number of amides is 1. The number of hydrogen-bond donors (Lipinski definition) is 0. The highest BCUT2D eigenvalue weighted by Crippen LogP contribution is 2.18. The molecule has 0 N–H and O–H groups in total. The molecule has 0 spiro atoms. The molecule has 0 unspecified atom stereocenters. The second-order valence-electron chi connectivity index (χ2n) is 5.81. The van der Waals surface area contributed by atoms with Crippen molar-refractivity contribution in [2.45, 2.75) is 12.5 Å². The summed E-state index contributed by atoms with van der Waals surface area (Å²) in [5, 5.41) is 0. The topological polar surface area (TPSA) is 38.8 Å². The molecule has 1 saturated heterocycles. The number of halogens is 1. The van der Waals surface area contributed by atoms with Gasteiger partial charge in [-0.15, -0.1) is 0 Å². The molecule has 1 aliphatic heterocycles. The average molecular weight is 329 g/mol. The Hall–Kier alpha value is -2.40. The molecular weight excluding hydrogens is 309 g/mol. The van der Waals surface area contributed by atoms with Crippen molar-refractivity contribution in [1.29, 1.82) is 0 Å². The number of morpholine rings is 1. The van der Waals surface area contributed by atoms with Crippen LogP contribution in [-0.4, -0.2) is 43.7 Å². The maximum atomic E-state index is 13.0. The van der Waals surface area contributed by atoms with Gasteiger partial charge in [0.15, 0.2) is 0 Å². The molecular formula is C19H20FNO3. The van der Waals surface area contributed by atoms with E-state index in [9.17, 15) is 9.18 Å². The van der Waals surface area contributed by atoms with Crippen LogP contribution in [0.2, 0.25) is 0 Å². The Bertz CT molecular complexity index is 702. The van der Waals surface area contributed by atoms with Crippen LogP contribution in [0.5, 0.6) is 5.75 Å². The summed E-state index contributed by atoms with van der Waals surface area (Å²) in [4.78, 5) is 14.3. The van der Waals surface area contributed by atoms with E-state index < -0.39 is 0 Å². The number of nitrogens with zero attached hydrogens (tertiary/aromatic N) is 1. The number of ether oxygens (including phenoxy) is 2. The van der Waals surface area contributed by atoms with Crippen molar-refractivity contribution in [2.75, 3.05) is 26.8 Å². The molecule has 126 valence electrons. The maximum absolute atomic E-state index is 13.0. The summed E-state index contributed by atoms with van der Waals surface area (Å²) < 4.78 is 24.0. The third-order valence-corrected chi connectivity index (χ3v) is 4.11. The molecule has 24 heavy (non-hydrogen) atoms. The normalized spacial score (nSPS) is 17.6. The van der Waals surface area contributed by atoms with Crippen molar-refractivity contribution in [3.8, 4) is 5.75 Å². The predicted octanol–water partition coefficient (Wildman–Crippen LogP) is 2.92. The molecule has 1 heterocycles. The van der Waals surface area contributed by atoms with E-state index in [1.165, 1.54) is 24.3 Å². The van der Waals surface area contributed by atoms with Crippen LogP contribution in [0.1, 0.15) is 15.9 Å². The summed E-state index contributed by atoms with van der Waals surface area (Å²) >= 11 is 0. The number of hydrogen-bond acceptors (Lipinski definition) is 3. The zero-order chi connectivity index (χ0) is 16.9. The van der Waals surface area contributed by atoms with Gasteiger partial charge < -0.3 is 14.4 Å². The second-order valence-corrected chi connectivity index (χ2v) is 5.81. The Labute approximate surface area is 140 Å². The number of carbonyl (C=O) groups is 1. The summed E-state index contributed by atoms with van der Waals surface area (Å²) in [6, 6.07) is 13.5. The fourth-order valence-corrected chi connectivity index (χ4v) is 2.86. The fraction of sp³-hybridized carbons (Fsp3) is 0.316. The second kappa shape index (κ2) is 7.45. The Morgan fingerprint density at radius 3 is 2.83 bits per heavy atom. The van der Waals surface area contributed by atoms with Crippen LogP contribution in [0, 0.1) is 5.82 Å². The lowest BCUT2D eigenvalue weighted by Gasteiger charge is -2.33. The largest absolute Gasteiger partial charge is 0.497 e. The van der Waals surface area contributed by atoms with Crippen LogP contribution >= 0.6 is 0 Å². The summed E-state index contributed by atoms with van der Waals surface area (Å²) in [7, 11) is 1.64. The van der Waals surface area contributed by atoms with Crippen LogP contribution in [0.4, 0.5) is 4.39 Å². The first kappa shape index (κ1) is 16.5. The lowest BCUT2D eigenvalue weighted by molar-refractivity contribution is -0.0208. The quantitative estimate of drug-likeness (QED) is 0.866. The summed E-state index contributed by atoms with van der Waals surface area (Å²) in [6.07, 6.45) is 0.653. The van der Waals surface area contributed by atoms with Gasteiger partial charge in [-0.25, -0.2) is 4.39 Å². The van der Waals surface area contributed by atoms with Gasteiger partial charge in [0.2, 0.25) is 0 Å². The highest BCUT2D eigenvalue weighted by Gasteiger charge is 2.25. The number of carbonyl (C=O) groups excluding carboxylic acids is 1. The van der Waals surface area contributed by atoms with E-state index in [1.54, 1.807) is 12.0 Å². The molecule has 0 aromatic heterocycles. The highest BCUT2D eigenvalue weighted by atomic mass is 19.1. The van der Waals surface area contributed by atoms with E-state index in [0.29, 0.717) is 31.7 Å². The summed E-state index contributed by atoms with van der Waals surface area (Å²) in [5.74, 6) is 0.376. The van der Waals surface area contributed by atoms with Gasteiger partial charge in [-0.1, -0.05) is 12.1 Å². The predicted molar refractivity (Wildman–Crippen MR) is 88.7 cm³/mol. The smallest absolute Gasteiger partial charge is 0.254 e. The van der Waals surface area contributed by atoms with E-state index >= 15 is 0 Å². The molecule has 0 bridgehead atoms. The lowest BCUT2D eigenvalue weighted by Crippen LogP contribution is -2.46. The van der Waals surface area contributed by atoms with Crippen LogP contribution in [-0.2, 0) is 11.2 Å². The Morgan fingerprint density at radius 2 is 2.08 bits per heavy atom. The first-order chi connectivity index (χ1) is 11.7. The molecule has 5 heteroatoms. The van der Waals surface area contributed by atoms with E-state index in [1.807, 2.05) is 24.3 Å². The van der Waals surface area contributed by atoms with Crippen molar-refractivity contribution in [1.82, 2.24) is 4.90 Å². The molecule has 1 fully saturated rings. The van der Waals surface area contributed by atoms with Crippen LogP contribution in [0.15, 0.2) is 48.5 Å². The number of rotatable bonds is 4. The molecule has 2 aromatic rings. The minimum absolute atomic E-state index is 0.0599. The summed E-state index contributed by atoms with van der Waals surface area (Å²) in [5.41, 5.74) is 1.61. The lowest BCUT2D eigenvalue weighted by atomic mass is 10.1. The monoisotopic (exact) mass is 329 g/mol. The van der Waals surface area contributed by atoms with Gasteiger partial charge in [0.05, 0.1) is 19.8 Å². The van der Waals surface area contributed by atoms with Crippen molar-refractivity contribution < 1.29 is 18.7 Å². The van der Waals surface area contributed by atoms with Crippen LogP contribution < -0.4 is 4.74 Å². The number of benzene rings is 2. The molecule has 4 nitrogen and oxygen atoms in total. The highest BCUT2D eigenvalue weighted by molar-refractivity contribution is 5.94. The number of methoxy groups -OCH3 is 1. The minimum atomic E-state index is -0.343. The minimum Gasteiger partial charge on any atom is -0.497 e. The molecule has 0 aliphatic carbocycles. The van der Waals surface area contributed by atoms with Crippen molar-refractivity contribution in [3.63, 3.8) is 0 Å². The molecule has 1 atom stereocenters. The van der Waals surface area contributed by atoms with E-state index in [0.717, 1.165) is 11.3 Å². The van der Waals surface area contributed by atoms with E-state index in [2.05, 4.69) is 0 Å². The first-order valence-electron chi connectivity index (χ1n) is 7.95. The Kier molecular flexibility index (Phi) is 5.11. The van der Waals surface area contributed by atoms with Gasteiger partial charge in [-0.05, 0) is 42.0 Å². The molecule has 0 radical (unpaired) electrons. The Morgan fingerprint density at radius 1 is 1.29 bits per heavy atom. The van der Waals surface area contributed by atoms with Crippen molar-refractivity contribution in [2.24, 2.45) is 0 Å². The third-order valence-electron chi connectivity index (χ3n) is 4.11. The molecule has 1 aliphatic rings. The standard InChI is InChI=1S/C19H20FNO3/c1-23-17-4-2-3-14(11-17)12-18-13-21(9-10-24-18)19(22)15-5-7-16(20)8-6-15/h2-8,11,18H,9-10,12-13H2,1H3/t18-/m1/s1. The van der Waals surface area contributed by atoms with Crippen LogP contribution in [0.3, 0.4) is 0 Å². The van der Waals surface area contributed by atoms with Gasteiger partial charge in [-0.3, -0.25) is 4.79 Å². The average Bonchev–Trinajstić information content (AvgIpc) is 2.62. The Balaban J connectivity index is 1.65. The van der Waals surface area contributed by atoms with E-state index in [4.69, 9.17) is 9.47 Å². The van der Waals surface area contributed by atoms with Crippen molar-refractivity contribution in [3.05, 3.63) is 65.5 Å².